The number of hydrogen-bond donors (Lipinski definition) is 0. The Bertz CT molecular complexity index is 467. The van der Waals surface area contributed by atoms with Crippen LogP contribution in [-0.2, 0) is 9.47 Å². The maximum absolute atomic E-state index is 14.1. The van der Waals surface area contributed by atoms with E-state index < -0.39 is 11.4 Å². The summed E-state index contributed by atoms with van der Waals surface area (Å²) in [5, 5.41) is 0. The molecule has 1 aromatic rings. The van der Waals surface area contributed by atoms with E-state index in [0.29, 0.717) is 31.6 Å². The molecular formula is C15H19FO3. The molecule has 0 radical (unpaired) electrons. The van der Waals surface area contributed by atoms with Gasteiger partial charge in [0.15, 0.2) is 5.78 Å². The first-order valence-electron chi connectivity index (χ1n) is 6.44. The first-order valence-corrected chi connectivity index (χ1v) is 6.44. The third-order valence-electron chi connectivity index (χ3n) is 3.76. The van der Waals surface area contributed by atoms with Crippen LogP contribution < -0.4 is 0 Å². The standard InChI is InChI=1S/C15H19FO3/c1-10-8-11(2)13(12(16)9-10)14(17)15(18-3)4-6-19-7-5-15/h8-9H,4-7H2,1-3H3. The van der Waals surface area contributed by atoms with E-state index in [0.717, 1.165) is 5.56 Å². The highest BCUT2D eigenvalue weighted by Gasteiger charge is 2.42. The molecule has 0 bridgehead atoms. The highest BCUT2D eigenvalue weighted by atomic mass is 19.1. The molecule has 1 aliphatic heterocycles. The van der Waals surface area contributed by atoms with Crippen molar-refractivity contribution < 1.29 is 18.7 Å². The zero-order valence-electron chi connectivity index (χ0n) is 11.6. The number of carbonyl (C=O) groups excluding carboxylic acids is 1. The molecule has 3 nitrogen and oxygen atoms in total. The number of methoxy groups -OCH3 is 1. The summed E-state index contributed by atoms with van der Waals surface area (Å²) in [6.45, 7) is 4.50. The summed E-state index contributed by atoms with van der Waals surface area (Å²) in [4.78, 5) is 12.7. The van der Waals surface area contributed by atoms with E-state index in [2.05, 4.69) is 0 Å². The van der Waals surface area contributed by atoms with Gasteiger partial charge in [0, 0.05) is 33.2 Å². The Kier molecular flexibility index (Phi) is 4.02. The van der Waals surface area contributed by atoms with Gasteiger partial charge in [-0.2, -0.15) is 0 Å². The first-order chi connectivity index (χ1) is 9.00. The highest BCUT2D eigenvalue weighted by Crippen LogP contribution is 2.31. The molecule has 1 aliphatic rings. The zero-order chi connectivity index (χ0) is 14.0. The fourth-order valence-electron chi connectivity index (χ4n) is 2.66. The van der Waals surface area contributed by atoms with Crippen molar-refractivity contribution in [2.45, 2.75) is 32.3 Å². The van der Waals surface area contributed by atoms with E-state index >= 15 is 0 Å². The van der Waals surface area contributed by atoms with Gasteiger partial charge in [-0.15, -0.1) is 0 Å². The van der Waals surface area contributed by atoms with Crippen LogP contribution in [0.5, 0.6) is 0 Å². The van der Waals surface area contributed by atoms with E-state index in [4.69, 9.17) is 9.47 Å². The summed E-state index contributed by atoms with van der Waals surface area (Å²) >= 11 is 0. The summed E-state index contributed by atoms with van der Waals surface area (Å²) < 4.78 is 24.8. The quantitative estimate of drug-likeness (QED) is 0.789. The van der Waals surface area contributed by atoms with Gasteiger partial charge in [-0.1, -0.05) is 6.07 Å². The number of halogens is 1. The number of Topliss-reactive ketones (excluding diaryl/α,β-unsaturated/α-hetero) is 1. The van der Waals surface area contributed by atoms with Gasteiger partial charge >= 0.3 is 0 Å². The van der Waals surface area contributed by atoms with Gasteiger partial charge in [0.25, 0.3) is 0 Å². The van der Waals surface area contributed by atoms with Crippen LogP contribution >= 0.6 is 0 Å². The molecule has 0 atom stereocenters. The lowest BCUT2D eigenvalue weighted by atomic mass is 9.83. The minimum atomic E-state index is -0.945. The molecule has 4 heteroatoms. The molecule has 19 heavy (non-hydrogen) atoms. The van der Waals surface area contributed by atoms with Crippen molar-refractivity contribution in [1.29, 1.82) is 0 Å². The largest absolute Gasteiger partial charge is 0.381 e. The Balaban J connectivity index is 2.43. The van der Waals surface area contributed by atoms with E-state index in [1.807, 2.05) is 13.0 Å². The van der Waals surface area contributed by atoms with Gasteiger partial charge in [0.2, 0.25) is 0 Å². The van der Waals surface area contributed by atoms with Crippen LogP contribution in [0.1, 0.15) is 34.3 Å². The smallest absolute Gasteiger partial charge is 0.197 e. The number of carbonyl (C=O) groups is 1. The molecule has 0 N–H and O–H groups in total. The number of ether oxygens (including phenoxy) is 2. The Morgan fingerprint density at radius 3 is 2.47 bits per heavy atom. The molecule has 0 amide bonds. The molecule has 0 spiro atoms. The van der Waals surface area contributed by atoms with Crippen LogP contribution in [0.25, 0.3) is 0 Å². The number of aryl methyl sites for hydroxylation is 2. The van der Waals surface area contributed by atoms with Crippen molar-refractivity contribution in [3.05, 3.63) is 34.6 Å². The Hall–Kier alpha value is -1.26. The van der Waals surface area contributed by atoms with Gasteiger partial charge in [0.1, 0.15) is 11.4 Å². The summed E-state index contributed by atoms with van der Waals surface area (Å²) in [5.41, 5.74) is 0.670. The Morgan fingerprint density at radius 1 is 1.32 bits per heavy atom. The topological polar surface area (TPSA) is 35.5 Å². The van der Waals surface area contributed by atoms with Crippen LogP contribution in [0.2, 0.25) is 0 Å². The average Bonchev–Trinajstić information content (AvgIpc) is 2.38. The predicted molar refractivity (Wildman–Crippen MR) is 70.0 cm³/mol. The molecule has 104 valence electrons. The Morgan fingerprint density at radius 2 is 1.95 bits per heavy atom. The van der Waals surface area contributed by atoms with Crippen LogP contribution in [-0.4, -0.2) is 31.7 Å². The maximum atomic E-state index is 14.1. The molecule has 0 aliphatic carbocycles. The number of hydrogen-bond acceptors (Lipinski definition) is 3. The van der Waals surface area contributed by atoms with Crippen molar-refractivity contribution in [2.75, 3.05) is 20.3 Å². The second-order valence-electron chi connectivity index (χ2n) is 5.08. The SMILES string of the molecule is COC1(C(=O)c2c(C)cc(C)cc2F)CCOCC1. The lowest BCUT2D eigenvalue weighted by molar-refractivity contribution is -0.0665. The third-order valence-corrected chi connectivity index (χ3v) is 3.76. The zero-order valence-corrected chi connectivity index (χ0v) is 11.6. The fraction of sp³-hybridized carbons (Fsp3) is 0.533. The summed E-state index contributed by atoms with van der Waals surface area (Å²) in [7, 11) is 1.50. The van der Waals surface area contributed by atoms with Crippen LogP contribution in [0.3, 0.4) is 0 Å². The number of ketones is 1. The van der Waals surface area contributed by atoms with E-state index in [1.54, 1.807) is 6.92 Å². The molecule has 0 saturated carbocycles. The molecule has 2 rings (SSSR count). The van der Waals surface area contributed by atoms with E-state index in [1.165, 1.54) is 13.2 Å². The fourth-order valence-corrected chi connectivity index (χ4v) is 2.66. The molecule has 1 fully saturated rings. The molecule has 1 aromatic carbocycles. The molecule has 1 saturated heterocycles. The van der Waals surface area contributed by atoms with Crippen molar-refractivity contribution in [1.82, 2.24) is 0 Å². The minimum absolute atomic E-state index is 0.148. The van der Waals surface area contributed by atoms with Crippen LogP contribution in [0.15, 0.2) is 12.1 Å². The monoisotopic (exact) mass is 266 g/mol. The van der Waals surface area contributed by atoms with Crippen molar-refractivity contribution in [3.8, 4) is 0 Å². The first kappa shape index (κ1) is 14.2. The lowest BCUT2D eigenvalue weighted by Crippen LogP contribution is -2.46. The van der Waals surface area contributed by atoms with Crippen molar-refractivity contribution >= 4 is 5.78 Å². The van der Waals surface area contributed by atoms with E-state index in [-0.39, 0.29) is 11.3 Å². The number of benzene rings is 1. The second kappa shape index (κ2) is 5.39. The maximum Gasteiger partial charge on any atom is 0.197 e. The van der Waals surface area contributed by atoms with Gasteiger partial charge in [-0.05, 0) is 31.0 Å². The number of rotatable bonds is 3. The summed E-state index contributed by atoms with van der Waals surface area (Å²) in [6, 6.07) is 3.21. The lowest BCUT2D eigenvalue weighted by Gasteiger charge is -2.34. The average molecular weight is 266 g/mol. The predicted octanol–water partition coefficient (Wildman–Crippen LogP) is 2.82. The van der Waals surface area contributed by atoms with Crippen LogP contribution in [0, 0.1) is 19.7 Å². The summed E-state index contributed by atoms with van der Waals surface area (Å²) in [6.07, 6.45) is 0.935. The highest BCUT2D eigenvalue weighted by molar-refractivity contribution is 6.04. The van der Waals surface area contributed by atoms with E-state index in [9.17, 15) is 9.18 Å². The molecule has 0 aromatic heterocycles. The second-order valence-corrected chi connectivity index (χ2v) is 5.08. The van der Waals surface area contributed by atoms with Gasteiger partial charge in [-0.3, -0.25) is 4.79 Å². The van der Waals surface area contributed by atoms with Gasteiger partial charge in [-0.25, -0.2) is 4.39 Å². The molecular weight excluding hydrogens is 247 g/mol. The summed E-state index contributed by atoms with van der Waals surface area (Å²) in [5.74, 6) is -0.737. The molecule has 1 heterocycles. The Labute approximate surface area is 112 Å². The molecule has 0 unspecified atom stereocenters. The van der Waals surface area contributed by atoms with Crippen molar-refractivity contribution in [3.63, 3.8) is 0 Å². The minimum Gasteiger partial charge on any atom is -0.381 e. The van der Waals surface area contributed by atoms with Crippen LogP contribution in [0.4, 0.5) is 4.39 Å². The van der Waals surface area contributed by atoms with Gasteiger partial charge in [0.05, 0.1) is 5.56 Å². The third kappa shape index (κ3) is 2.55. The van der Waals surface area contributed by atoms with Crippen molar-refractivity contribution in [2.24, 2.45) is 0 Å². The normalized spacial score (nSPS) is 18.3. The van der Waals surface area contributed by atoms with Gasteiger partial charge < -0.3 is 9.47 Å².